The van der Waals surface area contributed by atoms with Gasteiger partial charge in [-0.25, -0.2) is 8.78 Å². The van der Waals surface area contributed by atoms with Crippen LogP contribution >= 0.6 is 0 Å². The van der Waals surface area contributed by atoms with Gasteiger partial charge in [0.25, 0.3) is 5.92 Å². The molecule has 0 bridgehead atoms. The van der Waals surface area contributed by atoms with Gasteiger partial charge in [-0.3, -0.25) is 0 Å². The van der Waals surface area contributed by atoms with Gasteiger partial charge in [0.15, 0.2) is 0 Å². The fraction of sp³-hybridized carbons (Fsp3) is 0.739. The lowest BCUT2D eigenvalue weighted by Gasteiger charge is -2.41. The molecule has 2 fully saturated rings. The van der Waals surface area contributed by atoms with Gasteiger partial charge in [0.1, 0.15) is 5.75 Å². The van der Waals surface area contributed by atoms with Crippen molar-refractivity contribution in [2.75, 3.05) is 6.61 Å². The first kappa shape index (κ1) is 19.6. The molecule has 146 valence electrons. The van der Waals surface area contributed by atoms with Gasteiger partial charge in [-0.1, -0.05) is 44.7 Å². The lowest BCUT2D eigenvalue weighted by Crippen LogP contribution is -2.37. The molecule has 26 heavy (non-hydrogen) atoms. The molecule has 2 aliphatic rings. The van der Waals surface area contributed by atoms with Crippen molar-refractivity contribution in [2.24, 2.45) is 17.8 Å². The first-order valence-electron chi connectivity index (χ1n) is 10.6. The topological polar surface area (TPSA) is 9.23 Å². The van der Waals surface area contributed by atoms with Crippen molar-refractivity contribution in [2.45, 2.75) is 83.5 Å². The molecule has 1 nitrogen and oxygen atoms in total. The van der Waals surface area contributed by atoms with Crippen LogP contribution in [0.1, 0.15) is 83.1 Å². The molecule has 2 aliphatic carbocycles. The molecule has 1 aromatic rings. The molecular formula is C23H34F2O. The van der Waals surface area contributed by atoms with E-state index in [0.717, 1.165) is 23.7 Å². The summed E-state index contributed by atoms with van der Waals surface area (Å²) >= 11 is 0. The number of rotatable bonds is 6. The fourth-order valence-electron chi connectivity index (χ4n) is 5.32. The third-order valence-corrected chi connectivity index (χ3v) is 6.72. The van der Waals surface area contributed by atoms with Crippen LogP contribution in [-0.4, -0.2) is 12.5 Å². The van der Waals surface area contributed by atoms with Gasteiger partial charge >= 0.3 is 0 Å². The fourth-order valence-corrected chi connectivity index (χ4v) is 5.32. The summed E-state index contributed by atoms with van der Waals surface area (Å²) in [5, 5.41) is 0. The Morgan fingerprint density at radius 3 is 2.15 bits per heavy atom. The molecular weight excluding hydrogens is 330 g/mol. The van der Waals surface area contributed by atoms with Crippen LogP contribution in [0.25, 0.3) is 0 Å². The third kappa shape index (κ3) is 4.58. The molecule has 0 unspecified atom stereocenters. The lowest BCUT2D eigenvalue weighted by molar-refractivity contribution is -0.0845. The first-order chi connectivity index (χ1) is 12.5. The molecule has 3 heteroatoms. The maximum absolute atomic E-state index is 15.0. The Balaban J connectivity index is 1.59. The standard InChI is InChI=1S/C23H34F2O/c1-3-5-17-6-8-18(9-7-17)20-12-15-22(23(24,25)16-20)19-10-13-21(14-11-19)26-4-2/h10-11,13-14,17-18,20,22H,3-9,12,15-16H2,1-2H3/t17?,18?,20-,22+/m0/s1. The highest BCUT2D eigenvalue weighted by Gasteiger charge is 2.47. The minimum atomic E-state index is -2.59. The number of halogens is 2. The summed E-state index contributed by atoms with van der Waals surface area (Å²) in [4.78, 5) is 0. The largest absolute Gasteiger partial charge is 0.494 e. The number of hydrogen-bond acceptors (Lipinski definition) is 1. The summed E-state index contributed by atoms with van der Waals surface area (Å²) in [5.74, 6) is -0.877. The minimum Gasteiger partial charge on any atom is -0.494 e. The lowest BCUT2D eigenvalue weighted by atomic mass is 9.66. The average molecular weight is 365 g/mol. The van der Waals surface area contributed by atoms with Crippen molar-refractivity contribution in [1.82, 2.24) is 0 Å². The Labute approximate surface area is 157 Å². The molecule has 2 saturated carbocycles. The molecule has 3 rings (SSSR count). The van der Waals surface area contributed by atoms with E-state index in [1.807, 2.05) is 31.2 Å². The quantitative estimate of drug-likeness (QED) is 0.518. The Morgan fingerprint density at radius 2 is 1.58 bits per heavy atom. The highest BCUT2D eigenvalue weighted by molar-refractivity contribution is 5.31. The second-order valence-electron chi connectivity index (χ2n) is 8.43. The summed E-state index contributed by atoms with van der Waals surface area (Å²) in [7, 11) is 0. The number of hydrogen-bond donors (Lipinski definition) is 0. The Bertz CT molecular complexity index is 546. The molecule has 0 spiro atoms. The summed E-state index contributed by atoms with van der Waals surface area (Å²) in [6, 6.07) is 7.33. The van der Waals surface area contributed by atoms with Crippen LogP contribution in [0.4, 0.5) is 8.78 Å². The van der Waals surface area contributed by atoms with Crippen molar-refractivity contribution >= 4 is 0 Å². The van der Waals surface area contributed by atoms with Crippen LogP contribution in [0.3, 0.4) is 0 Å². The molecule has 0 radical (unpaired) electrons. The van der Waals surface area contributed by atoms with E-state index in [1.165, 1.54) is 38.5 Å². The Kier molecular flexibility index (Phi) is 6.58. The summed E-state index contributed by atoms with van der Waals surface area (Å²) in [6.07, 6.45) is 9.04. The molecule has 2 atom stereocenters. The smallest absolute Gasteiger partial charge is 0.255 e. The van der Waals surface area contributed by atoms with Crippen LogP contribution < -0.4 is 4.74 Å². The number of benzene rings is 1. The van der Waals surface area contributed by atoms with Crippen LogP contribution in [0, 0.1) is 17.8 Å². The first-order valence-corrected chi connectivity index (χ1v) is 10.6. The van der Waals surface area contributed by atoms with E-state index in [0.29, 0.717) is 18.9 Å². The molecule has 0 amide bonds. The third-order valence-electron chi connectivity index (χ3n) is 6.72. The number of alkyl halides is 2. The molecule has 0 aliphatic heterocycles. The molecule has 0 saturated heterocycles. The summed E-state index contributed by atoms with van der Waals surface area (Å²) < 4.78 is 35.4. The van der Waals surface area contributed by atoms with Gasteiger partial charge < -0.3 is 4.74 Å². The van der Waals surface area contributed by atoms with Gasteiger partial charge in [0, 0.05) is 12.3 Å². The molecule has 0 aromatic heterocycles. The van der Waals surface area contributed by atoms with Crippen LogP contribution in [0.2, 0.25) is 0 Å². The monoisotopic (exact) mass is 364 g/mol. The van der Waals surface area contributed by atoms with E-state index in [-0.39, 0.29) is 12.3 Å². The predicted octanol–water partition coefficient (Wildman–Crippen LogP) is 7.21. The van der Waals surface area contributed by atoms with E-state index < -0.39 is 11.8 Å². The second-order valence-corrected chi connectivity index (χ2v) is 8.43. The minimum absolute atomic E-state index is 0.0774. The van der Waals surface area contributed by atoms with Gasteiger partial charge in [-0.05, 0) is 68.1 Å². The average Bonchev–Trinajstić information content (AvgIpc) is 2.63. The highest BCUT2D eigenvalue weighted by atomic mass is 19.3. The van der Waals surface area contributed by atoms with Crippen molar-refractivity contribution in [3.63, 3.8) is 0 Å². The maximum atomic E-state index is 15.0. The molecule has 0 heterocycles. The Morgan fingerprint density at radius 1 is 0.923 bits per heavy atom. The zero-order chi connectivity index (χ0) is 18.6. The maximum Gasteiger partial charge on any atom is 0.255 e. The highest BCUT2D eigenvalue weighted by Crippen LogP contribution is 2.51. The van der Waals surface area contributed by atoms with Crippen LogP contribution in [0.15, 0.2) is 24.3 Å². The molecule has 1 aromatic carbocycles. The number of ether oxygens (including phenoxy) is 1. The predicted molar refractivity (Wildman–Crippen MR) is 103 cm³/mol. The van der Waals surface area contributed by atoms with E-state index in [2.05, 4.69) is 6.92 Å². The van der Waals surface area contributed by atoms with E-state index in [9.17, 15) is 8.78 Å². The zero-order valence-electron chi connectivity index (χ0n) is 16.4. The summed E-state index contributed by atoms with van der Waals surface area (Å²) in [5.41, 5.74) is 0.767. The van der Waals surface area contributed by atoms with Gasteiger partial charge in [0.2, 0.25) is 0 Å². The van der Waals surface area contributed by atoms with E-state index in [1.54, 1.807) is 0 Å². The van der Waals surface area contributed by atoms with Crippen molar-refractivity contribution < 1.29 is 13.5 Å². The normalized spacial score (nSPS) is 31.5. The zero-order valence-corrected chi connectivity index (χ0v) is 16.4. The van der Waals surface area contributed by atoms with Gasteiger partial charge in [-0.2, -0.15) is 0 Å². The summed E-state index contributed by atoms with van der Waals surface area (Å²) in [6.45, 7) is 4.77. The SMILES string of the molecule is CCCC1CCC([C@H]2CC[C@H](c3ccc(OCC)cc3)C(F)(F)C2)CC1. The van der Waals surface area contributed by atoms with E-state index >= 15 is 0 Å². The van der Waals surface area contributed by atoms with Crippen molar-refractivity contribution in [1.29, 1.82) is 0 Å². The van der Waals surface area contributed by atoms with E-state index in [4.69, 9.17) is 4.74 Å². The van der Waals surface area contributed by atoms with Crippen LogP contribution in [-0.2, 0) is 0 Å². The molecule has 0 N–H and O–H groups in total. The Hall–Kier alpha value is -1.12. The van der Waals surface area contributed by atoms with Gasteiger partial charge in [-0.15, -0.1) is 0 Å². The van der Waals surface area contributed by atoms with Gasteiger partial charge in [0.05, 0.1) is 6.61 Å². The van der Waals surface area contributed by atoms with Crippen molar-refractivity contribution in [3.8, 4) is 5.75 Å². The van der Waals surface area contributed by atoms with Crippen molar-refractivity contribution in [3.05, 3.63) is 29.8 Å². The van der Waals surface area contributed by atoms with Crippen LogP contribution in [0.5, 0.6) is 5.75 Å². The second kappa shape index (κ2) is 8.71.